The lowest BCUT2D eigenvalue weighted by atomic mass is 10.1. The summed E-state index contributed by atoms with van der Waals surface area (Å²) in [5.41, 5.74) is 1.75. The molecule has 5 heteroatoms. The van der Waals surface area contributed by atoms with Gasteiger partial charge in [-0.2, -0.15) is 0 Å². The Kier molecular flexibility index (Phi) is 2.51. The summed E-state index contributed by atoms with van der Waals surface area (Å²) in [4.78, 5) is 0. The van der Waals surface area contributed by atoms with Gasteiger partial charge in [0.05, 0.1) is 28.2 Å². The summed E-state index contributed by atoms with van der Waals surface area (Å²) in [6.07, 6.45) is 1.77. The monoisotopic (exact) mass is 271 g/mol. The molecular weight excluding hydrogens is 261 g/mol. The molecule has 0 radical (unpaired) electrons. The second-order valence-corrected chi connectivity index (χ2v) is 5.12. The molecule has 0 saturated heterocycles. The molecule has 0 aliphatic carbocycles. The van der Waals surface area contributed by atoms with Gasteiger partial charge in [-0.3, -0.25) is 0 Å². The van der Waals surface area contributed by atoms with Crippen LogP contribution in [0.1, 0.15) is 18.2 Å². The van der Waals surface area contributed by atoms with Crippen LogP contribution in [0.5, 0.6) is 5.75 Å². The first kappa shape index (κ1) is 11.2. The molecule has 1 atom stereocenters. The molecule has 1 aliphatic rings. The van der Waals surface area contributed by atoms with Gasteiger partial charge in [0.15, 0.2) is 0 Å². The van der Waals surface area contributed by atoms with E-state index < -0.39 is 0 Å². The second-order valence-electron chi connectivity index (χ2n) is 4.33. The first-order valence-corrected chi connectivity index (χ1v) is 6.20. The largest absolute Gasteiger partial charge is 0.506 e. The summed E-state index contributed by atoms with van der Waals surface area (Å²) < 4.78 is 1.97. The van der Waals surface area contributed by atoms with Crippen LogP contribution in [0, 0.1) is 0 Å². The summed E-state index contributed by atoms with van der Waals surface area (Å²) >= 11 is 12.1. The molecule has 90 valence electrons. The normalized spacial score (nSPS) is 18.9. The van der Waals surface area contributed by atoms with Gasteiger partial charge in [-0.1, -0.05) is 23.2 Å². The molecule has 0 bridgehead atoms. The molecule has 0 saturated carbocycles. The average Bonchev–Trinajstić information content (AvgIpc) is 2.83. The third kappa shape index (κ3) is 1.46. The Hall–Kier alpha value is -0.900. The van der Waals surface area contributed by atoms with Crippen molar-refractivity contribution in [2.45, 2.75) is 18.9 Å². The molecule has 1 aromatic carbocycles. The van der Waals surface area contributed by atoms with Crippen molar-refractivity contribution in [2.24, 2.45) is 0 Å². The summed E-state index contributed by atoms with van der Waals surface area (Å²) in [7, 11) is 0. The maximum atomic E-state index is 10.00. The molecule has 2 aromatic rings. The zero-order valence-corrected chi connectivity index (χ0v) is 10.5. The van der Waals surface area contributed by atoms with Gasteiger partial charge >= 0.3 is 0 Å². The Bertz CT molecular complexity index is 606. The van der Waals surface area contributed by atoms with E-state index in [9.17, 15) is 10.2 Å². The Labute approximate surface area is 108 Å². The molecular formula is C12H11Cl2NO2. The third-order valence-electron chi connectivity index (χ3n) is 3.38. The first-order valence-electron chi connectivity index (χ1n) is 5.45. The molecule has 1 unspecified atom stereocenters. The standard InChI is InChI=1S/C12H11Cl2NO2/c13-9-4-10(17)12-8(11(9)14)3-6-1-2-7(5-16)15(6)12/h3-4,7,16-17H,1-2,5H2. The minimum absolute atomic E-state index is 0.0191. The van der Waals surface area contributed by atoms with Gasteiger partial charge in [0.1, 0.15) is 5.75 Å². The van der Waals surface area contributed by atoms with Crippen LogP contribution in [0.2, 0.25) is 10.0 Å². The van der Waals surface area contributed by atoms with Gasteiger partial charge in [0.25, 0.3) is 0 Å². The topological polar surface area (TPSA) is 45.4 Å². The number of aromatic hydroxyl groups is 1. The Balaban J connectivity index is 2.39. The smallest absolute Gasteiger partial charge is 0.141 e. The summed E-state index contributed by atoms with van der Waals surface area (Å²) in [6.45, 7) is 0.0659. The fourth-order valence-corrected chi connectivity index (χ4v) is 3.02. The zero-order chi connectivity index (χ0) is 12.2. The van der Waals surface area contributed by atoms with Crippen LogP contribution in [-0.4, -0.2) is 21.4 Å². The van der Waals surface area contributed by atoms with Crippen molar-refractivity contribution in [2.75, 3.05) is 6.61 Å². The van der Waals surface area contributed by atoms with E-state index in [0.717, 1.165) is 23.9 Å². The van der Waals surface area contributed by atoms with E-state index >= 15 is 0 Å². The van der Waals surface area contributed by atoms with Gasteiger partial charge in [0.2, 0.25) is 0 Å². The van der Waals surface area contributed by atoms with E-state index in [-0.39, 0.29) is 18.4 Å². The number of hydrogen-bond donors (Lipinski definition) is 2. The molecule has 0 spiro atoms. The first-order chi connectivity index (χ1) is 8.13. The highest BCUT2D eigenvalue weighted by Crippen LogP contribution is 2.42. The number of phenolic OH excluding ortho intramolecular Hbond substituents is 1. The number of aliphatic hydroxyl groups is 1. The van der Waals surface area contributed by atoms with E-state index in [1.807, 2.05) is 10.6 Å². The van der Waals surface area contributed by atoms with Crippen molar-refractivity contribution in [3.05, 3.63) is 27.9 Å². The number of aromatic nitrogens is 1. The molecule has 1 aliphatic heterocycles. The fraction of sp³-hybridized carbons (Fsp3) is 0.333. The van der Waals surface area contributed by atoms with Crippen LogP contribution in [0.4, 0.5) is 0 Å². The number of nitrogens with zero attached hydrogens (tertiary/aromatic N) is 1. The van der Waals surface area contributed by atoms with Gasteiger partial charge in [-0.25, -0.2) is 0 Å². The van der Waals surface area contributed by atoms with Gasteiger partial charge < -0.3 is 14.8 Å². The zero-order valence-electron chi connectivity index (χ0n) is 8.95. The minimum atomic E-state index is 0.0191. The van der Waals surface area contributed by atoms with Crippen LogP contribution in [0.25, 0.3) is 10.9 Å². The fourth-order valence-electron chi connectivity index (χ4n) is 2.61. The number of halogens is 2. The lowest BCUT2D eigenvalue weighted by Gasteiger charge is -2.13. The number of rotatable bonds is 1. The molecule has 2 heterocycles. The van der Waals surface area contributed by atoms with E-state index in [0.29, 0.717) is 15.6 Å². The lowest BCUT2D eigenvalue weighted by molar-refractivity contribution is 0.235. The average molecular weight is 272 g/mol. The van der Waals surface area contributed by atoms with Gasteiger partial charge in [-0.15, -0.1) is 0 Å². The van der Waals surface area contributed by atoms with Crippen molar-refractivity contribution in [3.63, 3.8) is 0 Å². The highest BCUT2D eigenvalue weighted by molar-refractivity contribution is 6.45. The number of benzene rings is 1. The van der Waals surface area contributed by atoms with Crippen molar-refractivity contribution in [1.82, 2.24) is 4.57 Å². The number of hydrogen-bond acceptors (Lipinski definition) is 2. The number of aliphatic hydroxyl groups excluding tert-OH is 1. The molecule has 3 nitrogen and oxygen atoms in total. The van der Waals surface area contributed by atoms with Crippen LogP contribution < -0.4 is 0 Å². The highest BCUT2D eigenvalue weighted by Gasteiger charge is 2.26. The van der Waals surface area contributed by atoms with Crippen molar-refractivity contribution in [1.29, 1.82) is 0 Å². The van der Waals surface area contributed by atoms with Crippen molar-refractivity contribution in [3.8, 4) is 5.75 Å². The highest BCUT2D eigenvalue weighted by atomic mass is 35.5. The quantitative estimate of drug-likeness (QED) is 0.837. The van der Waals surface area contributed by atoms with Gasteiger partial charge in [0, 0.05) is 17.1 Å². The number of fused-ring (bicyclic) bond motifs is 3. The maximum Gasteiger partial charge on any atom is 0.141 e. The van der Waals surface area contributed by atoms with Crippen LogP contribution >= 0.6 is 23.2 Å². The van der Waals surface area contributed by atoms with E-state index in [1.165, 1.54) is 6.07 Å². The molecule has 1 aromatic heterocycles. The summed E-state index contributed by atoms with van der Waals surface area (Å²) in [5, 5.41) is 20.9. The second kappa shape index (κ2) is 3.80. The van der Waals surface area contributed by atoms with Gasteiger partial charge in [-0.05, 0) is 18.9 Å². The molecule has 2 N–H and O–H groups in total. The molecule has 0 fully saturated rings. The number of phenols is 1. The summed E-state index contributed by atoms with van der Waals surface area (Å²) in [5.74, 6) is 0.112. The molecule has 3 rings (SSSR count). The molecule has 0 amide bonds. The van der Waals surface area contributed by atoms with Crippen molar-refractivity contribution < 1.29 is 10.2 Å². The number of aryl methyl sites for hydroxylation is 1. The summed E-state index contributed by atoms with van der Waals surface area (Å²) in [6, 6.07) is 3.41. The van der Waals surface area contributed by atoms with E-state index in [2.05, 4.69) is 0 Å². The maximum absolute atomic E-state index is 10.00. The predicted octanol–water partition coefficient (Wildman–Crippen LogP) is 3.13. The third-order valence-corrected chi connectivity index (χ3v) is 4.18. The Morgan fingerprint density at radius 1 is 1.35 bits per heavy atom. The molecule has 17 heavy (non-hydrogen) atoms. The van der Waals surface area contributed by atoms with Crippen LogP contribution in [0.3, 0.4) is 0 Å². The SMILES string of the molecule is OCC1CCc2cc3c(Cl)c(Cl)cc(O)c3n21. The van der Waals surface area contributed by atoms with Crippen LogP contribution in [0.15, 0.2) is 12.1 Å². The minimum Gasteiger partial charge on any atom is -0.506 e. The lowest BCUT2D eigenvalue weighted by Crippen LogP contribution is -2.07. The van der Waals surface area contributed by atoms with Crippen molar-refractivity contribution >= 4 is 34.1 Å². The van der Waals surface area contributed by atoms with Crippen LogP contribution in [-0.2, 0) is 6.42 Å². The Morgan fingerprint density at radius 2 is 2.12 bits per heavy atom. The van der Waals surface area contributed by atoms with E-state index in [4.69, 9.17) is 23.2 Å². The van der Waals surface area contributed by atoms with E-state index in [1.54, 1.807) is 0 Å². The Morgan fingerprint density at radius 3 is 2.82 bits per heavy atom. The predicted molar refractivity (Wildman–Crippen MR) is 68.1 cm³/mol.